The van der Waals surface area contributed by atoms with Gasteiger partial charge in [0.2, 0.25) is 0 Å². The second kappa shape index (κ2) is 5.77. The van der Waals surface area contributed by atoms with Gasteiger partial charge in [0, 0.05) is 0 Å². The summed E-state index contributed by atoms with van der Waals surface area (Å²) in [4.78, 5) is 13.8. The Morgan fingerprint density at radius 3 is 3.08 bits per heavy atom. The molecule has 78 valence electrons. The predicted molar refractivity (Wildman–Crippen MR) is 48.0 cm³/mol. The van der Waals surface area contributed by atoms with Crippen LogP contribution in [0.15, 0.2) is 0 Å². The molecule has 0 bridgehead atoms. The van der Waals surface area contributed by atoms with Gasteiger partial charge in [0.05, 0.1) is 0 Å². The van der Waals surface area contributed by atoms with Crippen molar-refractivity contribution in [3.8, 4) is 0 Å². The van der Waals surface area contributed by atoms with E-state index in [4.69, 9.17) is 5.73 Å². The van der Waals surface area contributed by atoms with Crippen LogP contribution in [0.3, 0.4) is 0 Å². The molecule has 0 saturated carbocycles. The van der Waals surface area contributed by atoms with E-state index in [9.17, 15) is 4.79 Å². The van der Waals surface area contributed by atoms with E-state index in [2.05, 4.69) is 17.3 Å². The third-order valence-electron chi connectivity index (χ3n) is 1.95. The minimum absolute atomic E-state index is 0.0236. The maximum atomic E-state index is 11.5. The van der Waals surface area contributed by atoms with Gasteiger partial charge in [-0.15, -0.1) is 0 Å². The zero-order chi connectivity index (χ0) is 9.68. The maximum absolute atomic E-state index is 11.5. The summed E-state index contributed by atoms with van der Waals surface area (Å²) in [7, 11) is 2.12. The molecule has 13 heavy (non-hydrogen) atoms. The third kappa shape index (κ3) is 3.78. The van der Waals surface area contributed by atoms with Crippen LogP contribution in [0.2, 0.25) is 0 Å². The molecule has 1 aliphatic heterocycles. The molecule has 1 atom stereocenters. The van der Waals surface area contributed by atoms with E-state index >= 15 is 0 Å². The van der Waals surface area contributed by atoms with E-state index in [0.717, 1.165) is 17.5 Å². The second-order valence-electron chi connectivity index (χ2n) is 3.19. The predicted octanol–water partition coefficient (Wildman–Crippen LogP) is -4.19. The number of nitrogens with two attached hydrogens (primary N) is 1. The SMILES string of the molecule is CN1CCC(C(=O)NCCN)[I-]C1. The van der Waals surface area contributed by atoms with Gasteiger partial charge in [-0.2, -0.15) is 0 Å². The fourth-order valence-corrected chi connectivity index (χ4v) is 4.01. The van der Waals surface area contributed by atoms with Crippen molar-refractivity contribution in [2.75, 3.05) is 31.2 Å². The van der Waals surface area contributed by atoms with Crippen molar-refractivity contribution in [2.45, 2.75) is 10.3 Å². The van der Waals surface area contributed by atoms with Crippen molar-refractivity contribution in [3.05, 3.63) is 0 Å². The normalized spacial score (nSPS) is 24.9. The molecule has 5 heteroatoms. The molecule has 1 rings (SSSR count). The third-order valence-corrected chi connectivity index (χ3v) is 5.76. The molecule has 1 saturated heterocycles. The minimum atomic E-state index is 0.0236. The van der Waals surface area contributed by atoms with Crippen molar-refractivity contribution in [2.24, 2.45) is 5.73 Å². The van der Waals surface area contributed by atoms with E-state index in [-0.39, 0.29) is 27.1 Å². The monoisotopic (exact) mass is 298 g/mol. The van der Waals surface area contributed by atoms with E-state index in [0.29, 0.717) is 17.0 Å². The van der Waals surface area contributed by atoms with Crippen molar-refractivity contribution in [1.29, 1.82) is 0 Å². The van der Waals surface area contributed by atoms with Crippen molar-refractivity contribution in [3.63, 3.8) is 0 Å². The fourth-order valence-electron chi connectivity index (χ4n) is 1.18. The van der Waals surface area contributed by atoms with E-state index in [1.54, 1.807) is 0 Å². The Morgan fingerprint density at radius 1 is 1.77 bits per heavy atom. The van der Waals surface area contributed by atoms with Gasteiger partial charge in [0.25, 0.3) is 0 Å². The molecule has 1 heterocycles. The summed E-state index contributed by atoms with van der Waals surface area (Å²) in [6.07, 6.45) is 1.03. The quantitative estimate of drug-likeness (QED) is 0.316. The van der Waals surface area contributed by atoms with Crippen LogP contribution in [0.5, 0.6) is 0 Å². The Kier molecular flexibility index (Phi) is 4.97. The first-order valence-corrected chi connectivity index (χ1v) is 7.25. The van der Waals surface area contributed by atoms with Crippen LogP contribution in [-0.2, 0) is 4.79 Å². The van der Waals surface area contributed by atoms with Gasteiger partial charge < -0.3 is 0 Å². The summed E-state index contributed by atoms with van der Waals surface area (Å²) in [6.45, 7) is 2.21. The molecule has 0 aliphatic carbocycles. The zero-order valence-corrected chi connectivity index (χ0v) is 10.1. The molecule has 0 aromatic rings. The first kappa shape index (κ1) is 11.2. The van der Waals surface area contributed by atoms with E-state index < -0.39 is 0 Å². The number of alkyl halides is 2. The summed E-state index contributed by atoms with van der Waals surface area (Å²) >= 11 is 0.0236. The fraction of sp³-hybridized carbons (Fsp3) is 0.875. The van der Waals surface area contributed by atoms with Crippen molar-refractivity contribution >= 4 is 5.91 Å². The average Bonchev–Trinajstić information content (AvgIpc) is 2.15. The van der Waals surface area contributed by atoms with Gasteiger partial charge >= 0.3 is 89.4 Å². The number of hydrogen-bond donors (Lipinski definition) is 2. The summed E-state index contributed by atoms with van der Waals surface area (Å²) in [5.74, 6) is 0.228. The van der Waals surface area contributed by atoms with Crippen LogP contribution in [-0.4, -0.2) is 46.0 Å². The molecule has 4 nitrogen and oxygen atoms in total. The Morgan fingerprint density at radius 2 is 2.54 bits per heavy atom. The average molecular weight is 298 g/mol. The van der Waals surface area contributed by atoms with Crippen molar-refractivity contribution < 1.29 is 26.0 Å². The van der Waals surface area contributed by atoms with Crippen LogP contribution in [0.1, 0.15) is 6.42 Å². The molecular formula is C8H17IN3O-. The number of nitrogens with one attached hydrogen (secondary N) is 1. The molecule has 1 amide bonds. The first-order chi connectivity index (χ1) is 6.24. The van der Waals surface area contributed by atoms with Crippen LogP contribution in [0.4, 0.5) is 0 Å². The summed E-state index contributed by atoms with van der Waals surface area (Å²) < 4.78 is 1.46. The van der Waals surface area contributed by atoms with Gasteiger partial charge in [0.1, 0.15) is 0 Å². The van der Waals surface area contributed by atoms with Crippen LogP contribution in [0.25, 0.3) is 0 Å². The standard InChI is InChI=1S/C8H17IN3O/c1-12-5-2-7(9-6-12)8(13)11-4-3-10/h7H,2-6,10H2,1H3,(H,11,13)/q-1. The number of halogens is 1. The summed E-state index contributed by atoms with van der Waals surface area (Å²) in [5.41, 5.74) is 5.31. The molecule has 0 spiro atoms. The van der Waals surface area contributed by atoms with E-state index in [1.807, 2.05) is 0 Å². The van der Waals surface area contributed by atoms with E-state index in [1.165, 1.54) is 0 Å². The topological polar surface area (TPSA) is 58.4 Å². The molecule has 1 aliphatic rings. The summed E-state index contributed by atoms with van der Waals surface area (Å²) in [6, 6.07) is 0. The molecule has 0 radical (unpaired) electrons. The van der Waals surface area contributed by atoms with Crippen LogP contribution in [0, 0.1) is 0 Å². The Balaban J connectivity index is 2.23. The Labute approximate surface area is 89.5 Å². The number of amides is 1. The molecule has 3 N–H and O–H groups in total. The Hall–Kier alpha value is 0.120. The molecule has 0 aromatic carbocycles. The van der Waals surface area contributed by atoms with Crippen LogP contribution < -0.4 is 32.3 Å². The summed E-state index contributed by atoms with van der Waals surface area (Å²) in [5, 5.41) is 2.86. The van der Waals surface area contributed by atoms with Gasteiger partial charge in [-0.3, -0.25) is 0 Å². The molecule has 1 unspecified atom stereocenters. The first-order valence-electron chi connectivity index (χ1n) is 4.48. The number of carbonyl (C=O) groups excluding carboxylic acids is 1. The number of carbonyl (C=O) groups is 1. The molecule has 0 aromatic heterocycles. The Bertz CT molecular complexity index is 169. The molecular weight excluding hydrogens is 281 g/mol. The van der Waals surface area contributed by atoms with Gasteiger partial charge in [0.15, 0.2) is 0 Å². The zero-order valence-electron chi connectivity index (χ0n) is 7.92. The number of hydrogen-bond acceptors (Lipinski definition) is 3. The second-order valence-corrected chi connectivity index (χ2v) is 6.26. The van der Waals surface area contributed by atoms with Crippen molar-refractivity contribution in [1.82, 2.24) is 10.2 Å². The van der Waals surface area contributed by atoms with Gasteiger partial charge in [-0.05, 0) is 0 Å². The number of nitrogens with zero attached hydrogens (tertiary/aromatic N) is 1. The van der Waals surface area contributed by atoms with Gasteiger partial charge in [-0.1, -0.05) is 0 Å². The number of rotatable bonds is 3. The van der Waals surface area contributed by atoms with Crippen LogP contribution >= 0.6 is 0 Å². The van der Waals surface area contributed by atoms with Gasteiger partial charge in [-0.25, -0.2) is 0 Å². The molecule has 1 fully saturated rings.